The van der Waals surface area contributed by atoms with Crippen LogP contribution < -0.4 is 17.0 Å². The lowest BCUT2D eigenvalue weighted by Crippen LogP contribution is -2.39. The number of nitrogens with two attached hydrogens (primary N) is 1. The van der Waals surface area contributed by atoms with Crippen LogP contribution in [-0.2, 0) is 37.3 Å². The molecule has 0 aromatic carbocycles. The number of imidazole rings is 1. The maximum atomic E-state index is 14.2. The van der Waals surface area contributed by atoms with Crippen LogP contribution in [-0.4, -0.2) is 108 Å². The molecule has 47 heavy (non-hydrogen) atoms. The SMILES string of the molecule is COC1[C@@H](OP(=O)(OC[C@H]2O[C@@H](n3cnc4c(N)ncnc43)[CH][C@H]2O)SCOC(=O)OC(C)C)[C@@H](CO)O[C@H]1n1ccc(=O)[nH]c1=O. The zero-order valence-electron chi connectivity index (χ0n) is 25.2. The van der Waals surface area contributed by atoms with Crippen molar-refractivity contribution >= 4 is 41.3 Å². The molecule has 0 amide bonds. The summed E-state index contributed by atoms with van der Waals surface area (Å²) in [5, 5.41) is 20.9. The third-order valence-electron chi connectivity index (χ3n) is 6.95. The second-order valence-electron chi connectivity index (χ2n) is 10.4. The number of methoxy groups -OCH3 is 1. The molecule has 5 N–H and O–H groups in total. The molecule has 2 aliphatic rings. The van der Waals surface area contributed by atoms with Crippen LogP contribution in [0.5, 0.6) is 0 Å². The van der Waals surface area contributed by atoms with Crippen molar-refractivity contribution in [2.45, 2.75) is 62.9 Å². The van der Waals surface area contributed by atoms with E-state index in [0.717, 1.165) is 10.6 Å². The van der Waals surface area contributed by atoms with E-state index in [1.807, 2.05) is 0 Å². The summed E-state index contributed by atoms with van der Waals surface area (Å²) in [6.07, 6.45) is -4.27. The molecular formula is C25H33N7O13PS. The highest BCUT2D eigenvalue weighted by Gasteiger charge is 2.51. The Hall–Kier alpha value is -3.40. The van der Waals surface area contributed by atoms with Crippen molar-refractivity contribution in [1.29, 1.82) is 0 Å². The number of nitrogen functional groups attached to an aromatic ring is 1. The van der Waals surface area contributed by atoms with Gasteiger partial charge in [-0.3, -0.25) is 28.0 Å². The second-order valence-corrected chi connectivity index (χ2v) is 14.4. The third-order valence-corrected chi connectivity index (χ3v) is 10.3. The number of nitrogens with zero attached hydrogens (tertiary/aromatic N) is 5. The minimum absolute atomic E-state index is 0.154. The molecule has 1 radical (unpaired) electrons. The Labute approximate surface area is 269 Å². The third kappa shape index (κ3) is 7.85. The van der Waals surface area contributed by atoms with Gasteiger partial charge in [0.05, 0.1) is 31.7 Å². The molecule has 0 bridgehead atoms. The van der Waals surface area contributed by atoms with Crippen LogP contribution in [0.1, 0.15) is 26.3 Å². The van der Waals surface area contributed by atoms with E-state index >= 15 is 0 Å². The van der Waals surface area contributed by atoms with Crippen molar-refractivity contribution in [3.63, 3.8) is 0 Å². The predicted octanol–water partition coefficient (Wildman–Crippen LogP) is 0.0882. The van der Waals surface area contributed by atoms with E-state index in [1.54, 1.807) is 13.8 Å². The molecule has 0 aliphatic carbocycles. The number of aliphatic hydroxyl groups excluding tert-OH is 2. The Morgan fingerprint density at radius 3 is 2.68 bits per heavy atom. The average molecular weight is 703 g/mol. The fourth-order valence-corrected chi connectivity index (χ4v) is 7.60. The van der Waals surface area contributed by atoms with Gasteiger partial charge in [-0.15, -0.1) is 0 Å². The number of hydrogen-bond donors (Lipinski definition) is 4. The summed E-state index contributed by atoms with van der Waals surface area (Å²) in [6.45, 7) is -2.32. The molecular weight excluding hydrogens is 669 g/mol. The zero-order valence-corrected chi connectivity index (χ0v) is 26.9. The smallest absolute Gasteiger partial charge is 0.432 e. The summed E-state index contributed by atoms with van der Waals surface area (Å²) < 4.78 is 55.6. The van der Waals surface area contributed by atoms with Gasteiger partial charge in [0.1, 0.15) is 42.5 Å². The molecule has 20 nitrogen and oxygen atoms in total. The van der Waals surface area contributed by atoms with Crippen molar-refractivity contribution in [3.8, 4) is 0 Å². The number of anilines is 1. The van der Waals surface area contributed by atoms with Gasteiger partial charge >= 0.3 is 18.6 Å². The number of carbonyl (C=O) groups excluding carboxylic acids is 1. The van der Waals surface area contributed by atoms with Crippen LogP contribution in [0.4, 0.5) is 10.6 Å². The Balaban J connectivity index is 1.34. The number of rotatable bonds is 13. The fourth-order valence-electron chi connectivity index (χ4n) is 4.81. The van der Waals surface area contributed by atoms with Crippen LogP contribution in [0, 0.1) is 6.42 Å². The lowest BCUT2D eigenvalue weighted by molar-refractivity contribution is -0.0625. The summed E-state index contributed by atoms with van der Waals surface area (Å²) in [6, 6.07) is 1.09. The molecule has 2 saturated heterocycles. The molecule has 8 atom stereocenters. The van der Waals surface area contributed by atoms with Crippen LogP contribution in [0.2, 0.25) is 0 Å². The first-order valence-corrected chi connectivity index (χ1v) is 17.2. The van der Waals surface area contributed by atoms with E-state index in [0.29, 0.717) is 22.5 Å². The Bertz CT molecular complexity index is 1720. The molecule has 5 rings (SSSR count). The maximum absolute atomic E-state index is 14.2. The number of aromatic amines is 1. The summed E-state index contributed by atoms with van der Waals surface area (Å²) in [5.41, 5.74) is 5.06. The largest absolute Gasteiger partial charge is 0.509 e. The van der Waals surface area contributed by atoms with Crippen molar-refractivity contribution in [2.75, 3.05) is 32.0 Å². The van der Waals surface area contributed by atoms with Crippen LogP contribution in [0.25, 0.3) is 11.2 Å². The first-order chi connectivity index (χ1) is 22.4. The van der Waals surface area contributed by atoms with E-state index in [4.69, 9.17) is 38.5 Å². The summed E-state index contributed by atoms with van der Waals surface area (Å²) in [4.78, 5) is 50.4. The summed E-state index contributed by atoms with van der Waals surface area (Å²) >= 11 is 0.466. The van der Waals surface area contributed by atoms with Crippen molar-refractivity contribution in [3.05, 3.63) is 52.2 Å². The van der Waals surface area contributed by atoms with Gasteiger partial charge < -0.3 is 39.6 Å². The molecule has 3 aromatic heterocycles. The Morgan fingerprint density at radius 1 is 1.19 bits per heavy atom. The fraction of sp³-hybridized carbons (Fsp3) is 0.560. The quantitative estimate of drug-likeness (QED) is 0.104. The van der Waals surface area contributed by atoms with Crippen molar-refractivity contribution in [2.24, 2.45) is 0 Å². The van der Waals surface area contributed by atoms with Crippen molar-refractivity contribution in [1.82, 2.24) is 29.1 Å². The summed E-state index contributed by atoms with van der Waals surface area (Å²) in [5.74, 6) is -0.396. The minimum atomic E-state index is -4.40. The number of aliphatic hydroxyl groups is 2. The number of carbonyl (C=O) groups is 1. The van der Waals surface area contributed by atoms with Gasteiger partial charge in [0.15, 0.2) is 23.6 Å². The Morgan fingerprint density at radius 2 is 1.98 bits per heavy atom. The number of nitrogens with one attached hydrogen (secondary N) is 1. The van der Waals surface area contributed by atoms with Crippen LogP contribution in [0.3, 0.4) is 0 Å². The van der Waals surface area contributed by atoms with E-state index in [2.05, 4.69) is 19.9 Å². The Kier molecular flexibility index (Phi) is 11.0. The second kappa shape index (κ2) is 14.8. The molecule has 2 aliphatic heterocycles. The molecule has 0 saturated carbocycles. The predicted molar refractivity (Wildman–Crippen MR) is 161 cm³/mol. The van der Waals surface area contributed by atoms with Gasteiger partial charge in [0.25, 0.3) is 5.56 Å². The molecule has 22 heteroatoms. The lowest BCUT2D eigenvalue weighted by Gasteiger charge is -2.28. The number of H-pyrrole nitrogens is 1. The highest BCUT2D eigenvalue weighted by molar-refractivity contribution is 8.55. The number of hydrogen-bond acceptors (Lipinski definition) is 18. The van der Waals surface area contributed by atoms with Crippen LogP contribution in [0.15, 0.2) is 34.5 Å². The van der Waals surface area contributed by atoms with Gasteiger partial charge in [-0.05, 0) is 13.8 Å². The van der Waals surface area contributed by atoms with Gasteiger partial charge in [-0.2, -0.15) is 0 Å². The number of ether oxygens (including phenoxy) is 5. The average Bonchev–Trinajstić information content (AvgIpc) is 3.71. The summed E-state index contributed by atoms with van der Waals surface area (Å²) in [7, 11) is 1.27. The van der Waals surface area contributed by atoms with Gasteiger partial charge in [-0.25, -0.2) is 29.1 Å². The normalized spacial score (nSPS) is 27.3. The van der Waals surface area contributed by atoms with E-state index in [1.165, 1.54) is 36.9 Å². The zero-order chi connectivity index (χ0) is 33.9. The van der Waals surface area contributed by atoms with E-state index < -0.39 is 92.4 Å². The standard InChI is InChI=1S/C25H33N7O13PS/c1-12(2)42-25(37)40-11-47-46(38,45-19-14(7-33)44-23(20(19)39-3)31-5-4-16(35)30-24(31)36)41-8-15-13(34)6-17(43-15)32-10-29-18-21(26)27-9-28-22(18)32/h4-6,9-10,12-15,17,19-20,23,33-34H,7-8,11H2,1-3H3,(H2,26,27,28)(H,30,35,36)/t13-,14-,15-,17-,19+,20?,23-,46?/m1/s1. The lowest BCUT2D eigenvalue weighted by atomic mass is 10.1. The molecule has 0 spiro atoms. The molecule has 5 heterocycles. The maximum Gasteiger partial charge on any atom is 0.509 e. The van der Waals surface area contributed by atoms with E-state index in [9.17, 15) is 29.2 Å². The molecule has 3 aromatic rings. The highest BCUT2D eigenvalue weighted by Crippen LogP contribution is 2.63. The van der Waals surface area contributed by atoms with Gasteiger partial charge in [-0.1, -0.05) is 0 Å². The topological polar surface area (TPSA) is 264 Å². The molecule has 2 fully saturated rings. The number of aromatic nitrogens is 6. The van der Waals surface area contributed by atoms with Crippen molar-refractivity contribution < 1.29 is 52.3 Å². The van der Waals surface area contributed by atoms with Gasteiger partial charge in [0, 0.05) is 37.2 Å². The first kappa shape index (κ1) is 34.9. The minimum Gasteiger partial charge on any atom is -0.432 e. The highest BCUT2D eigenvalue weighted by atomic mass is 32.7. The molecule has 257 valence electrons. The number of fused-ring (bicyclic) bond motifs is 1. The molecule has 2 unspecified atom stereocenters. The van der Waals surface area contributed by atoms with E-state index in [-0.39, 0.29) is 5.82 Å². The van der Waals surface area contributed by atoms with Crippen LogP contribution >= 0.6 is 18.2 Å². The van der Waals surface area contributed by atoms with Gasteiger partial charge in [0.2, 0.25) is 0 Å². The first-order valence-electron chi connectivity index (χ1n) is 14.1. The monoisotopic (exact) mass is 702 g/mol.